The number of carbonyl (C=O) groups is 2. The second-order valence-electron chi connectivity index (χ2n) is 13.6. The monoisotopic (exact) mass is 502 g/mol. The van der Waals surface area contributed by atoms with Crippen LogP contribution >= 0.6 is 0 Å². The van der Waals surface area contributed by atoms with Crippen molar-refractivity contribution in [3.63, 3.8) is 0 Å². The molecular weight excluding hydrogens is 448 g/mol. The molecule has 0 spiro atoms. The lowest BCUT2D eigenvalue weighted by Gasteiger charge is -2.67. The fourth-order valence-electron chi connectivity index (χ4n) is 10.1. The van der Waals surface area contributed by atoms with Gasteiger partial charge in [-0.25, -0.2) is 0 Å². The van der Waals surface area contributed by atoms with Gasteiger partial charge in [-0.3, -0.25) is 9.59 Å². The van der Waals surface area contributed by atoms with Gasteiger partial charge in [0.1, 0.15) is 0 Å². The van der Waals surface area contributed by atoms with Gasteiger partial charge >= 0.3 is 0 Å². The largest absolute Gasteiger partial charge is 0.481 e. The number of carboxylic acid groups (broad SMARTS) is 1. The minimum absolute atomic E-state index is 0.0312. The average Bonchev–Trinajstić information content (AvgIpc) is 2.82. The molecule has 0 radical (unpaired) electrons. The Labute approximate surface area is 220 Å². The van der Waals surface area contributed by atoms with Gasteiger partial charge in [-0.2, -0.15) is 0 Å². The lowest BCUT2D eigenvalue weighted by atomic mass is 9.37. The molecule has 206 valence electrons. The van der Waals surface area contributed by atoms with Crippen molar-refractivity contribution >= 4 is 11.8 Å². The molecule has 5 rings (SSSR count). The first kappa shape index (κ1) is 29.4. The summed E-state index contributed by atoms with van der Waals surface area (Å²) in [5.41, 5.74) is 2.09. The molecule has 9 unspecified atom stereocenters. The van der Waals surface area contributed by atoms with Crippen LogP contribution in [0.3, 0.4) is 0 Å². The Morgan fingerprint density at radius 3 is 2.14 bits per heavy atom. The summed E-state index contributed by atoms with van der Waals surface area (Å²) < 4.78 is 0. The quantitative estimate of drug-likeness (QED) is 0.383. The summed E-state index contributed by atoms with van der Waals surface area (Å²) in [7, 11) is 0. The first-order valence-corrected chi connectivity index (χ1v) is 15.0. The molecule has 0 aromatic carbocycles. The topological polar surface area (TPSA) is 74.6 Å². The molecule has 0 amide bonds. The molecule has 0 heterocycles. The van der Waals surface area contributed by atoms with E-state index in [-0.39, 0.29) is 28.3 Å². The number of aliphatic hydroxyl groups excluding tert-OH is 1. The summed E-state index contributed by atoms with van der Waals surface area (Å²) in [4.78, 5) is 23.0. The summed E-state index contributed by atoms with van der Waals surface area (Å²) in [5.74, 6) is 1.46. The van der Waals surface area contributed by atoms with Gasteiger partial charge in [0.05, 0.1) is 6.10 Å². The molecule has 5 aliphatic rings. The summed E-state index contributed by atoms with van der Waals surface area (Å²) >= 11 is 0. The van der Waals surface area contributed by atoms with E-state index in [9.17, 15) is 9.90 Å². The Morgan fingerprint density at radius 1 is 0.917 bits per heavy atom. The van der Waals surface area contributed by atoms with E-state index in [0.717, 1.165) is 32.6 Å². The maximum atomic E-state index is 14.0. The number of allylic oxidation sites excluding steroid dienone is 2. The van der Waals surface area contributed by atoms with Crippen LogP contribution in [-0.2, 0) is 9.59 Å². The lowest BCUT2D eigenvalue weighted by Crippen LogP contribution is -2.64. The van der Waals surface area contributed by atoms with Gasteiger partial charge in [0.2, 0.25) is 0 Å². The zero-order valence-electron chi connectivity index (χ0n) is 24.5. The van der Waals surface area contributed by atoms with Crippen molar-refractivity contribution < 1.29 is 19.8 Å². The molecule has 4 saturated carbocycles. The fraction of sp³-hybridized carbons (Fsp3) is 0.875. The third-order valence-electron chi connectivity index (χ3n) is 11.9. The number of aliphatic hydroxyl groups is 1. The van der Waals surface area contributed by atoms with E-state index in [1.165, 1.54) is 44.9 Å². The van der Waals surface area contributed by atoms with E-state index < -0.39 is 5.97 Å². The van der Waals surface area contributed by atoms with Crippen LogP contribution in [0.15, 0.2) is 11.6 Å². The summed E-state index contributed by atoms with van der Waals surface area (Å²) in [6.07, 6.45) is 15.2. The molecule has 36 heavy (non-hydrogen) atoms. The van der Waals surface area contributed by atoms with Crippen LogP contribution in [0.2, 0.25) is 0 Å². The fourth-order valence-corrected chi connectivity index (χ4v) is 10.1. The third kappa shape index (κ3) is 4.52. The Bertz CT molecular complexity index is 858. The predicted molar refractivity (Wildman–Crippen MR) is 147 cm³/mol. The van der Waals surface area contributed by atoms with Crippen molar-refractivity contribution in [2.24, 2.45) is 45.3 Å². The standard InChI is InChI=1S/C28H44O2.C2H4O2.C2H6/c1-6-26(3)22-11-15-27(4)20-10-14-25(2)13-8-7-9-19(25)18(20)17-21(29)24(27)28(22,5)16-12-23(26)30;1-2(3)4;1-2/h17,19-20,22-24,30H,6-16H2,1-5H3;1H3,(H,3,4);1-2H3. The van der Waals surface area contributed by atoms with E-state index in [1.54, 1.807) is 5.57 Å². The van der Waals surface area contributed by atoms with Crippen molar-refractivity contribution in [1.29, 1.82) is 0 Å². The molecule has 0 aromatic heterocycles. The first-order chi connectivity index (χ1) is 16.8. The van der Waals surface area contributed by atoms with Crippen LogP contribution in [0, 0.1) is 45.3 Å². The zero-order valence-corrected chi connectivity index (χ0v) is 24.5. The van der Waals surface area contributed by atoms with Crippen LogP contribution in [0.25, 0.3) is 0 Å². The molecule has 0 saturated heterocycles. The van der Waals surface area contributed by atoms with Gasteiger partial charge in [0.25, 0.3) is 5.97 Å². The summed E-state index contributed by atoms with van der Waals surface area (Å²) in [5, 5.41) is 18.4. The first-order valence-electron chi connectivity index (χ1n) is 15.0. The van der Waals surface area contributed by atoms with Crippen LogP contribution < -0.4 is 0 Å². The van der Waals surface area contributed by atoms with Crippen molar-refractivity contribution in [2.45, 2.75) is 132 Å². The summed E-state index contributed by atoms with van der Waals surface area (Å²) in [6, 6.07) is 0. The second-order valence-corrected chi connectivity index (χ2v) is 13.6. The molecule has 0 aromatic rings. The van der Waals surface area contributed by atoms with Gasteiger partial charge in [0, 0.05) is 12.8 Å². The van der Waals surface area contributed by atoms with Gasteiger partial charge in [0.15, 0.2) is 5.78 Å². The SMILES string of the molecule is CC.CC(=O)O.CCC1(C)C(O)CCC2(C)C1CCC1(C)C3CCC4(C)CCCCC4C3=CC(=O)C12. The highest BCUT2D eigenvalue weighted by atomic mass is 16.4. The zero-order chi connectivity index (χ0) is 27.1. The minimum atomic E-state index is -0.833. The minimum Gasteiger partial charge on any atom is -0.481 e. The number of ketones is 1. The van der Waals surface area contributed by atoms with Gasteiger partial charge in [-0.05, 0) is 103 Å². The normalized spacial score (nSPS) is 47.2. The van der Waals surface area contributed by atoms with E-state index in [1.807, 2.05) is 13.8 Å². The number of hydrogen-bond acceptors (Lipinski definition) is 3. The van der Waals surface area contributed by atoms with Crippen LogP contribution in [-0.4, -0.2) is 28.1 Å². The van der Waals surface area contributed by atoms with E-state index in [0.29, 0.717) is 29.0 Å². The van der Waals surface area contributed by atoms with Crippen molar-refractivity contribution in [3.05, 3.63) is 11.6 Å². The van der Waals surface area contributed by atoms with E-state index in [4.69, 9.17) is 9.90 Å². The van der Waals surface area contributed by atoms with Crippen molar-refractivity contribution in [1.82, 2.24) is 0 Å². The van der Waals surface area contributed by atoms with Gasteiger partial charge in [-0.15, -0.1) is 0 Å². The molecule has 4 fully saturated rings. The predicted octanol–water partition coefficient (Wildman–Crippen LogP) is 7.83. The molecule has 4 heteroatoms. The number of hydrogen-bond donors (Lipinski definition) is 2. The number of carboxylic acids is 1. The van der Waals surface area contributed by atoms with Crippen LogP contribution in [0.5, 0.6) is 0 Å². The number of carbonyl (C=O) groups excluding carboxylic acids is 1. The molecular formula is C32H54O4. The van der Waals surface area contributed by atoms with Crippen LogP contribution in [0.4, 0.5) is 0 Å². The molecule has 4 nitrogen and oxygen atoms in total. The third-order valence-corrected chi connectivity index (χ3v) is 11.9. The molecule has 9 atom stereocenters. The molecule has 5 aliphatic carbocycles. The van der Waals surface area contributed by atoms with E-state index in [2.05, 4.69) is 40.7 Å². The molecule has 0 aliphatic heterocycles. The van der Waals surface area contributed by atoms with E-state index >= 15 is 0 Å². The molecule has 0 bridgehead atoms. The van der Waals surface area contributed by atoms with Gasteiger partial charge in [-0.1, -0.05) is 66.9 Å². The maximum absolute atomic E-state index is 14.0. The number of fused-ring (bicyclic) bond motifs is 7. The van der Waals surface area contributed by atoms with Crippen molar-refractivity contribution in [3.8, 4) is 0 Å². The number of rotatable bonds is 1. The highest BCUT2D eigenvalue weighted by molar-refractivity contribution is 5.95. The Hall–Kier alpha value is -1.16. The lowest BCUT2D eigenvalue weighted by molar-refractivity contribution is -0.193. The summed E-state index contributed by atoms with van der Waals surface area (Å²) in [6.45, 7) is 17.1. The second kappa shape index (κ2) is 10.5. The Kier molecular flexibility index (Phi) is 8.61. The highest BCUT2D eigenvalue weighted by Crippen LogP contribution is 2.71. The van der Waals surface area contributed by atoms with Gasteiger partial charge < -0.3 is 10.2 Å². The maximum Gasteiger partial charge on any atom is 0.300 e. The average molecular weight is 503 g/mol. The van der Waals surface area contributed by atoms with Crippen LogP contribution in [0.1, 0.15) is 126 Å². The Morgan fingerprint density at radius 2 is 1.53 bits per heavy atom. The molecule has 2 N–H and O–H groups in total. The Balaban J connectivity index is 0.000000550. The number of aliphatic carboxylic acids is 1. The van der Waals surface area contributed by atoms with Crippen molar-refractivity contribution in [2.75, 3.05) is 0 Å². The smallest absolute Gasteiger partial charge is 0.300 e. The highest BCUT2D eigenvalue weighted by Gasteiger charge is 2.66.